The Labute approximate surface area is 99.7 Å². The molecule has 0 aromatic carbocycles. The molecule has 17 heavy (non-hydrogen) atoms. The summed E-state index contributed by atoms with van der Waals surface area (Å²) in [7, 11) is 0. The molecule has 0 aliphatic carbocycles. The van der Waals surface area contributed by atoms with Crippen LogP contribution in [0.4, 0.5) is 0 Å². The molecule has 1 aromatic heterocycles. The molecule has 1 atom stereocenters. The van der Waals surface area contributed by atoms with E-state index in [0.29, 0.717) is 12.8 Å². The van der Waals surface area contributed by atoms with Crippen molar-refractivity contribution in [3.05, 3.63) is 23.8 Å². The van der Waals surface area contributed by atoms with Gasteiger partial charge in [0.15, 0.2) is 0 Å². The van der Waals surface area contributed by atoms with E-state index in [9.17, 15) is 9.59 Å². The lowest BCUT2D eigenvalue weighted by Gasteiger charge is -2.20. The Morgan fingerprint density at radius 1 is 1.29 bits per heavy atom. The zero-order chi connectivity index (χ0) is 12.4. The average Bonchev–Trinajstić information content (AvgIpc) is 2.29. The number of imide groups is 1. The zero-order valence-electron chi connectivity index (χ0n) is 9.93. The van der Waals surface area contributed by atoms with E-state index in [1.165, 1.54) is 0 Å². The highest BCUT2D eigenvalue weighted by molar-refractivity contribution is 6.00. The van der Waals surface area contributed by atoms with Gasteiger partial charge in [0, 0.05) is 30.3 Å². The summed E-state index contributed by atoms with van der Waals surface area (Å²) in [6.07, 6.45) is 4.28. The minimum atomic E-state index is -0.297. The standard InChI is InChI=1S/C12H15N3O2/c1-7(2)11-13-5-8(6-14-11)9-3-4-10(16)15-12(9)17/h5-7,9H,3-4H2,1-2H3,(H,15,16,17). The quantitative estimate of drug-likeness (QED) is 0.777. The van der Waals surface area contributed by atoms with Gasteiger partial charge in [-0.3, -0.25) is 14.9 Å². The molecule has 1 N–H and O–H groups in total. The summed E-state index contributed by atoms with van der Waals surface area (Å²) in [5, 5.41) is 2.33. The van der Waals surface area contributed by atoms with Gasteiger partial charge in [0.1, 0.15) is 5.82 Å². The van der Waals surface area contributed by atoms with Gasteiger partial charge in [-0.1, -0.05) is 13.8 Å². The van der Waals surface area contributed by atoms with Gasteiger partial charge in [-0.05, 0) is 6.42 Å². The molecule has 2 heterocycles. The summed E-state index contributed by atoms with van der Waals surface area (Å²) in [5.41, 5.74) is 0.777. The summed E-state index contributed by atoms with van der Waals surface area (Å²) in [4.78, 5) is 31.1. The van der Waals surface area contributed by atoms with Crippen LogP contribution >= 0.6 is 0 Å². The Balaban J connectivity index is 2.17. The fraction of sp³-hybridized carbons (Fsp3) is 0.500. The molecule has 5 nitrogen and oxygen atoms in total. The van der Waals surface area contributed by atoms with Gasteiger partial charge in [0.25, 0.3) is 0 Å². The number of nitrogens with one attached hydrogen (secondary N) is 1. The van der Waals surface area contributed by atoms with E-state index < -0.39 is 0 Å². The van der Waals surface area contributed by atoms with Crippen molar-refractivity contribution in [2.75, 3.05) is 0 Å². The topological polar surface area (TPSA) is 72.0 Å². The number of aromatic nitrogens is 2. The van der Waals surface area contributed by atoms with Crippen LogP contribution in [0.5, 0.6) is 0 Å². The summed E-state index contributed by atoms with van der Waals surface area (Å²) >= 11 is 0. The maximum absolute atomic E-state index is 11.6. The molecule has 90 valence electrons. The molecule has 1 aliphatic heterocycles. The number of hydrogen-bond acceptors (Lipinski definition) is 4. The first kappa shape index (κ1) is 11.7. The molecule has 1 aliphatic rings. The number of rotatable bonds is 2. The highest BCUT2D eigenvalue weighted by Gasteiger charge is 2.28. The fourth-order valence-electron chi connectivity index (χ4n) is 1.84. The Morgan fingerprint density at radius 2 is 1.94 bits per heavy atom. The highest BCUT2D eigenvalue weighted by Crippen LogP contribution is 2.23. The lowest BCUT2D eigenvalue weighted by Crippen LogP contribution is -2.39. The van der Waals surface area contributed by atoms with E-state index in [1.54, 1.807) is 12.4 Å². The van der Waals surface area contributed by atoms with Gasteiger partial charge >= 0.3 is 0 Å². The minimum Gasteiger partial charge on any atom is -0.296 e. The smallest absolute Gasteiger partial charge is 0.234 e. The van der Waals surface area contributed by atoms with Crippen LogP contribution in [-0.4, -0.2) is 21.8 Å². The predicted molar refractivity (Wildman–Crippen MR) is 61.2 cm³/mol. The normalized spacial score (nSPS) is 20.5. The lowest BCUT2D eigenvalue weighted by molar-refractivity contribution is -0.134. The molecular formula is C12H15N3O2. The molecule has 0 bridgehead atoms. The van der Waals surface area contributed by atoms with Crippen LogP contribution in [0.1, 0.15) is 49.9 Å². The van der Waals surface area contributed by atoms with Crippen molar-refractivity contribution in [2.45, 2.75) is 38.5 Å². The Morgan fingerprint density at radius 3 is 2.47 bits per heavy atom. The van der Waals surface area contributed by atoms with Gasteiger partial charge in [-0.25, -0.2) is 9.97 Å². The summed E-state index contributed by atoms with van der Waals surface area (Å²) < 4.78 is 0. The molecule has 0 saturated carbocycles. The van der Waals surface area contributed by atoms with Gasteiger partial charge in [-0.2, -0.15) is 0 Å². The molecule has 1 fully saturated rings. The third-order valence-electron chi connectivity index (χ3n) is 2.85. The molecule has 2 rings (SSSR count). The van der Waals surface area contributed by atoms with Crippen molar-refractivity contribution in [1.29, 1.82) is 0 Å². The van der Waals surface area contributed by atoms with E-state index in [2.05, 4.69) is 15.3 Å². The largest absolute Gasteiger partial charge is 0.296 e. The number of piperidine rings is 1. The minimum absolute atomic E-state index is 0.203. The maximum Gasteiger partial charge on any atom is 0.234 e. The zero-order valence-corrected chi connectivity index (χ0v) is 9.93. The lowest BCUT2D eigenvalue weighted by atomic mass is 9.92. The van der Waals surface area contributed by atoms with Crippen LogP contribution in [0.3, 0.4) is 0 Å². The molecule has 1 saturated heterocycles. The molecular weight excluding hydrogens is 218 g/mol. The molecule has 2 amide bonds. The summed E-state index contributed by atoms with van der Waals surface area (Å²) in [6.45, 7) is 4.03. The van der Waals surface area contributed by atoms with E-state index >= 15 is 0 Å². The second-order valence-corrected chi connectivity index (χ2v) is 4.53. The van der Waals surface area contributed by atoms with E-state index in [4.69, 9.17) is 0 Å². The van der Waals surface area contributed by atoms with Crippen LogP contribution in [0.15, 0.2) is 12.4 Å². The maximum atomic E-state index is 11.6. The van der Waals surface area contributed by atoms with Crippen molar-refractivity contribution < 1.29 is 9.59 Å². The van der Waals surface area contributed by atoms with Crippen LogP contribution in [0.25, 0.3) is 0 Å². The first-order chi connectivity index (χ1) is 8.08. The highest BCUT2D eigenvalue weighted by atomic mass is 16.2. The summed E-state index contributed by atoms with van der Waals surface area (Å²) in [6, 6.07) is 0. The van der Waals surface area contributed by atoms with Crippen molar-refractivity contribution in [2.24, 2.45) is 0 Å². The Hall–Kier alpha value is -1.78. The van der Waals surface area contributed by atoms with Crippen molar-refractivity contribution >= 4 is 11.8 Å². The number of carbonyl (C=O) groups is 2. The van der Waals surface area contributed by atoms with E-state index in [0.717, 1.165) is 11.4 Å². The molecule has 1 unspecified atom stereocenters. The first-order valence-electron chi connectivity index (χ1n) is 5.73. The Kier molecular flexibility index (Phi) is 3.17. The summed E-state index contributed by atoms with van der Waals surface area (Å²) in [5.74, 6) is 0.286. The Bertz CT molecular complexity index is 440. The average molecular weight is 233 g/mol. The van der Waals surface area contributed by atoms with Gasteiger partial charge < -0.3 is 0 Å². The fourth-order valence-corrected chi connectivity index (χ4v) is 1.84. The first-order valence-corrected chi connectivity index (χ1v) is 5.73. The van der Waals surface area contributed by atoms with Crippen LogP contribution in [0, 0.1) is 0 Å². The van der Waals surface area contributed by atoms with Crippen molar-refractivity contribution in [3.63, 3.8) is 0 Å². The molecule has 5 heteroatoms. The number of carbonyl (C=O) groups excluding carboxylic acids is 2. The molecule has 1 aromatic rings. The van der Waals surface area contributed by atoms with Crippen molar-refractivity contribution in [1.82, 2.24) is 15.3 Å². The predicted octanol–water partition coefficient (Wildman–Crippen LogP) is 1.12. The third kappa shape index (κ3) is 2.49. The van der Waals surface area contributed by atoms with Crippen molar-refractivity contribution in [3.8, 4) is 0 Å². The SMILES string of the molecule is CC(C)c1ncc(C2CCC(=O)NC2=O)cn1. The number of hydrogen-bond donors (Lipinski definition) is 1. The van der Waals surface area contributed by atoms with Gasteiger partial charge in [0.05, 0.1) is 5.92 Å². The van der Waals surface area contributed by atoms with E-state index in [-0.39, 0.29) is 23.7 Å². The van der Waals surface area contributed by atoms with Crippen LogP contribution < -0.4 is 5.32 Å². The van der Waals surface area contributed by atoms with Gasteiger partial charge in [-0.15, -0.1) is 0 Å². The van der Waals surface area contributed by atoms with E-state index in [1.807, 2.05) is 13.8 Å². The monoisotopic (exact) mass is 233 g/mol. The number of amides is 2. The van der Waals surface area contributed by atoms with Crippen LogP contribution in [-0.2, 0) is 9.59 Å². The number of nitrogens with zero attached hydrogens (tertiary/aromatic N) is 2. The molecule has 0 radical (unpaired) electrons. The third-order valence-corrected chi connectivity index (χ3v) is 2.85. The molecule has 0 spiro atoms. The van der Waals surface area contributed by atoms with Crippen LogP contribution in [0.2, 0.25) is 0 Å². The van der Waals surface area contributed by atoms with Gasteiger partial charge in [0.2, 0.25) is 11.8 Å². The second-order valence-electron chi connectivity index (χ2n) is 4.53. The second kappa shape index (κ2) is 4.61.